The smallest absolute Gasteiger partial charge is 0.321 e. The number of anilines is 2. The van der Waals surface area contributed by atoms with Gasteiger partial charge >= 0.3 is 6.03 Å². The molecular formula is C14H22N4O. The number of amides is 2. The zero-order chi connectivity index (χ0) is 13.8. The zero-order valence-electron chi connectivity index (χ0n) is 11.6. The molecule has 1 fully saturated rings. The minimum absolute atomic E-state index is 0.0259. The Labute approximate surface area is 114 Å². The van der Waals surface area contributed by atoms with Gasteiger partial charge < -0.3 is 20.9 Å². The van der Waals surface area contributed by atoms with E-state index in [2.05, 4.69) is 24.3 Å². The van der Waals surface area contributed by atoms with Gasteiger partial charge in [-0.15, -0.1) is 0 Å². The van der Waals surface area contributed by atoms with Crippen molar-refractivity contribution in [3.05, 3.63) is 24.3 Å². The molecule has 0 radical (unpaired) electrons. The number of nitrogens with one attached hydrogen (secondary N) is 1. The van der Waals surface area contributed by atoms with Crippen molar-refractivity contribution in [2.45, 2.75) is 18.9 Å². The summed E-state index contributed by atoms with van der Waals surface area (Å²) in [5.41, 5.74) is 7.10. The van der Waals surface area contributed by atoms with Crippen LogP contribution in [-0.2, 0) is 0 Å². The predicted octanol–water partition coefficient (Wildman–Crippen LogP) is 1.83. The Bertz CT molecular complexity index is 422. The fourth-order valence-electron chi connectivity index (χ4n) is 2.35. The van der Waals surface area contributed by atoms with E-state index < -0.39 is 0 Å². The number of piperidine rings is 1. The first kappa shape index (κ1) is 13.7. The average molecular weight is 262 g/mol. The molecule has 1 saturated heterocycles. The van der Waals surface area contributed by atoms with E-state index in [0.29, 0.717) is 11.7 Å². The van der Waals surface area contributed by atoms with Crippen molar-refractivity contribution in [3.8, 4) is 0 Å². The maximum absolute atomic E-state index is 12.1. The van der Waals surface area contributed by atoms with Crippen molar-refractivity contribution in [1.82, 2.24) is 9.80 Å². The Morgan fingerprint density at radius 2 is 1.84 bits per heavy atom. The van der Waals surface area contributed by atoms with Crippen molar-refractivity contribution < 1.29 is 4.79 Å². The number of carbonyl (C=O) groups is 1. The normalized spacial score (nSPS) is 16.7. The predicted molar refractivity (Wildman–Crippen MR) is 78.2 cm³/mol. The lowest BCUT2D eigenvalue weighted by Gasteiger charge is -2.35. The summed E-state index contributed by atoms with van der Waals surface area (Å²) >= 11 is 0. The third-order valence-electron chi connectivity index (χ3n) is 3.64. The van der Waals surface area contributed by atoms with Crippen LogP contribution in [0.3, 0.4) is 0 Å². The number of hydrogen-bond acceptors (Lipinski definition) is 3. The number of nitrogen functional groups attached to an aromatic ring is 1. The second kappa shape index (κ2) is 5.93. The van der Waals surface area contributed by atoms with Crippen LogP contribution in [0.1, 0.15) is 12.8 Å². The monoisotopic (exact) mass is 262 g/mol. The van der Waals surface area contributed by atoms with Gasteiger partial charge in [0.15, 0.2) is 0 Å². The quantitative estimate of drug-likeness (QED) is 0.799. The summed E-state index contributed by atoms with van der Waals surface area (Å²) < 4.78 is 0. The van der Waals surface area contributed by atoms with E-state index >= 15 is 0 Å². The molecule has 0 atom stereocenters. The molecule has 1 aromatic carbocycles. The lowest BCUT2D eigenvalue weighted by molar-refractivity contribution is 0.156. The highest BCUT2D eigenvalue weighted by molar-refractivity contribution is 5.89. The van der Waals surface area contributed by atoms with Crippen molar-refractivity contribution in [2.24, 2.45) is 0 Å². The van der Waals surface area contributed by atoms with E-state index in [-0.39, 0.29) is 6.03 Å². The number of carbonyl (C=O) groups excluding carboxylic acids is 1. The third kappa shape index (κ3) is 3.61. The second-order valence-electron chi connectivity index (χ2n) is 5.23. The van der Waals surface area contributed by atoms with Crippen LogP contribution < -0.4 is 11.1 Å². The second-order valence-corrected chi connectivity index (χ2v) is 5.23. The topological polar surface area (TPSA) is 61.6 Å². The summed E-state index contributed by atoms with van der Waals surface area (Å²) in [6.45, 7) is 1.62. The molecule has 1 aromatic rings. The van der Waals surface area contributed by atoms with Crippen LogP contribution in [0.2, 0.25) is 0 Å². The van der Waals surface area contributed by atoms with Crippen LogP contribution in [0, 0.1) is 0 Å². The van der Waals surface area contributed by atoms with E-state index in [0.717, 1.165) is 31.6 Å². The molecule has 1 aliphatic rings. The molecule has 1 aliphatic heterocycles. The molecule has 19 heavy (non-hydrogen) atoms. The summed E-state index contributed by atoms with van der Waals surface area (Å²) in [6.07, 6.45) is 2.06. The van der Waals surface area contributed by atoms with E-state index in [1.165, 1.54) is 0 Å². The van der Waals surface area contributed by atoms with Gasteiger partial charge in [0.05, 0.1) is 0 Å². The van der Waals surface area contributed by atoms with E-state index in [1.807, 2.05) is 17.0 Å². The van der Waals surface area contributed by atoms with Crippen LogP contribution in [0.4, 0.5) is 16.2 Å². The third-order valence-corrected chi connectivity index (χ3v) is 3.64. The van der Waals surface area contributed by atoms with Gasteiger partial charge in [0, 0.05) is 30.5 Å². The number of hydrogen-bond donors (Lipinski definition) is 2. The summed E-state index contributed by atoms with van der Waals surface area (Å²) in [4.78, 5) is 16.2. The van der Waals surface area contributed by atoms with Crippen LogP contribution in [-0.4, -0.2) is 49.1 Å². The lowest BCUT2D eigenvalue weighted by Crippen LogP contribution is -2.46. The highest BCUT2D eigenvalue weighted by Crippen LogP contribution is 2.16. The van der Waals surface area contributed by atoms with Crippen molar-refractivity contribution in [2.75, 3.05) is 38.2 Å². The molecule has 2 amide bonds. The van der Waals surface area contributed by atoms with E-state index in [9.17, 15) is 4.79 Å². The van der Waals surface area contributed by atoms with Gasteiger partial charge in [-0.3, -0.25) is 0 Å². The molecule has 0 aromatic heterocycles. The summed E-state index contributed by atoms with van der Waals surface area (Å²) in [7, 11) is 4.18. The number of rotatable bonds is 2. The van der Waals surface area contributed by atoms with Crippen LogP contribution >= 0.6 is 0 Å². The molecule has 0 bridgehead atoms. The fourth-order valence-corrected chi connectivity index (χ4v) is 2.35. The average Bonchev–Trinajstić information content (AvgIpc) is 2.41. The zero-order valence-corrected chi connectivity index (χ0v) is 11.6. The number of benzene rings is 1. The lowest BCUT2D eigenvalue weighted by atomic mass is 10.0. The minimum Gasteiger partial charge on any atom is -0.399 e. The summed E-state index contributed by atoms with van der Waals surface area (Å²) in [5, 5.41) is 2.90. The molecule has 5 nitrogen and oxygen atoms in total. The molecular weight excluding hydrogens is 240 g/mol. The Morgan fingerprint density at radius 1 is 1.26 bits per heavy atom. The minimum atomic E-state index is -0.0259. The number of urea groups is 1. The SMILES string of the molecule is CN(C)C1CCN(C(=O)Nc2ccc(N)cc2)CC1. The maximum atomic E-state index is 12.1. The van der Waals surface area contributed by atoms with Crippen LogP contribution in [0.15, 0.2) is 24.3 Å². The Kier molecular flexibility index (Phi) is 4.27. The Morgan fingerprint density at radius 3 is 2.37 bits per heavy atom. The van der Waals surface area contributed by atoms with Gasteiger partial charge in [0.2, 0.25) is 0 Å². The standard InChI is InChI=1S/C14H22N4O/c1-17(2)13-7-9-18(10-8-13)14(19)16-12-5-3-11(15)4-6-12/h3-6,13H,7-10,15H2,1-2H3,(H,16,19). The molecule has 0 aliphatic carbocycles. The highest BCUT2D eigenvalue weighted by atomic mass is 16.2. The number of likely N-dealkylation sites (tertiary alicyclic amines) is 1. The first-order valence-electron chi connectivity index (χ1n) is 6.64. The van der Waals surface area contributed by atoms with Gasteiger partial charge in [-0.05, 0) is 51.2 Å². The van der Waals surface area contributed by atoms with E-state index in [1.54, 1.807) is 12.1 Å². The fraction of sp³-hybridized carbons (Fsp3) is 0.500. The van der Waals surface area contributed by atoms with Crippen LogP contribution in [0.5, 0.6) is 0 Å². The molecule has 3 N–H and O–H groups in total. The molecule has 5 heteroatoms. The van der Waals surface area contributed by atoms with Gasteiger partial charge in [0.25, 0.3) is 0 Å². The largest absolute Gasteiger partial charge is 0.399 e. The molecule has 2 rings (SSSR count). The van der Waals surface area contributed by atoms with Crippen molar-refractivity contribution >= 4 is 17.4 Å². The Balaban J connectivity index is 1.86. The molecule has 0 saturated carbocycles. The highest BCUT2D eigenvalue weighted by Gasteiger charge is 2.23. The maximum Gasteiger partial charge on any atom is 0.321 e. The first-order chi connectivity index (χ1) is 9.06. The van der Waals surface area contributed by atoms with Gasteiger partial charge in [-0.1, -0.05) is 0 Å². The van der Waals surface area contributed by atoms with Gasteiger partial charge in [0.1, 0.15) is 0 Å². The molecule has 0 spiro atoms. The molecule has 104 valence electrons. The summed E-state index contributed by atoms with van der Waals surface area (Å²) in [6, 6.07) is 7.77. The van der Waals surface area contributed by atoms with Crippen molar-refractivity contribution in [1.29, 1.82) is 0 Å². The van der Waals surface area contributed by atoms with Gasteiger partial charge in [-0.25, -0.2) is 4.79 Å². The van der Waals surface area contributed by atoms with E-state index in [4.69, 9.17) is 5.73 Å². The molecule has 0 unspecified atom stereocenters. The van der Waals surface area contributed by atoms with Crippen molar-refractivity contribution in [3.63, 3.8) is 0 Å². The van der Waals surface area contributed by atoms with Gasteiger partial charge in [-0.2, -0.15) is 0 Å². The number of nitrogens with zero attached hydrogens (tertiary/aromatic N) is 2. The Hall–Kier alpha value is -1.75. The molecule has 1 heterocycles. The van der Waals surface area contributed by atoms with Crippen LogP contribution in [0.25, 0.3) is 0 Å². The number of nitrogens with two attached hydrogens (primary N) is 1. The first-order valence-corrected chi connectivity index (χ1v) is 6.64. The summed E-state index contributed by atoms with van der Waals surface area (Å²) in [5.74, 6) is 0.